The summed E-state index contributed by atoms with van der Waals surface area (Å²) in [5, 5.41) is -0.0149. The Hall–Kier alpha value is -2.20. The maximum Gasteiger partial charge on any atom is 0.277 e. The van der Waals surface area contributed by atoms with Gasteiger partial charge in [0.05, 0.1) is 16.4 Å². The van der Waals surface area contributed by atoms with Gasteiger partial charge in [-0.1, -0.05) is 29.8 Å². The van der Waals surface area contributed by atoms with Crippen LogP contribution in [0.4, 0.5) is 15.8 Å². The molecule has 1 aliphatic rings. The zero-order valence-electron chi connectivity index (χ0n) is 10.6. The predicted molar refractivity (Wildman–Crippen MR) is 77.5 cm³/mol. The fourth-order valence-corrected chi connectivity index (χ4v) is 2.32. The van der Waals surface area contributed by atoms with E-state index < -0.39 is 5.82 Å². The molecule has 0 aromatic heterocycles. The van der Waals surface area contributed by atoms with E-state index in [1.165, 1.54) is 18.2 Å². The highest BCUT2D eigenvalue weighted by Gasteiger charge is 2.30. The zero-order chi connectivity index (χ0) is 14.3. The van der Waals surface area contributed by atoms with Crippen molar-refractivity contribution >= 4 is 34.6 Å². The number of halogens is 2. The maximum absolute atomic E-state index is 13.1. The number of amides is 1. The van der Waals surface area contributed by atoms with Crippen LogP contribution >= 0.6 is 11.6 Å². The number of carbonyl (C=O) groups is 1. The quantitative estimate of drug-likeness (QED) is 0.789. The summed E-state index contributed by atoms with van der Waals surface area (Å²) >= 11 is 5.72. The van der Waals surface area contributed by atoms with Crippen LogP contribution in [0.2, 0.25) is 5.02 Å². The van der Waals surface area contributed by atoms with Gasteiger partial charge in [0.25, 0.3) is 5.91 Å². The summed E-state index contributed by atoms with van der Waals surface area (Å²) in [5.41, 5.74) is 2.36. The SMILES string of the molecule is CN1C(=O)C(=Nc2ccc(F)c(Cl)c2)c2ccccc21. The Morgan fingerprint density at radius 1 is 1.20 bits per heavy atom. The van der Waals surface area contributed by atoms with Crippen LogP contribution in [0.5, 0.6) is 0 Å². The third-order valence-electron chi connectivity index (χ3n) is 3.17. The lowest BCUT2D eigenvalue weighted by Crippen LogP contribution is -2.25. The number of anilines is 1. The highest BCUT2D eigenvalue weighted by atomic mass is 35.5. The number of hydrogen-bond donors (Lipinski definition) is 0. The summed E-state index contributed by atoms with van der Waals surface area (Å²) in [6.45, 7) is 0. The van der Waals surface area contributed by atoms with E-state index in [0.29, 0.717) is 11.4 Å². The first kappa shape index (κ1) is 12.8. The normalized spacial score (nSPS) is 15.8. The molecule has 20 heavy (non-hydrogen) atoms. The Morgan fingerprint density at radius 3 is 2.70 bits per heavy atom. The Morgan fingerprint density at radius 2 is 1.95 bits per heavy atom. The maximum atomic E-state index is 13.1. The standard InChI is InChI=1S/C15H10ClFN2O/c1-19-13-5-3-2-4-10(13)14(15(19)20)18-9-6-7-12(17)11(16)8-9/h2-8H,1H3. The minimum atomic E-state index is -0.508. The molecule has 1 heterocycles. The Kier molecular flexibility index (Phi) is 3.03. The summed E-state index contributed by atoms with van der Waals surface area (Å²) in [6.07, 6.45) is 0. The molecule has 5 heteroatoms. The van der Waals surface area contributed by atoms with E-state index in [4.69, 9.17) is 11.6 Å². The van der Waals surface area contributed by atoms with Crippen molar-refractivity contribution in [3.63, 3.8) is 0 Å². The lowest BCUT2D eigenvalue weighted by molar-refractivity contribution is -0.111. The molecule has 3 nitrogen and oxygen atoms in total. The average molecular weight is 289 g/mol. The Balaban J connectivity index is 2.12. The first-order valence-electron chi connectivity index (χ1n) is 5.99. The Bertz CT molecular complexity index is 742. The molecule has 2 aromatic rings. The monoisotopic (exact) mass is 288 g/mol. The molecule has 0 fully saturated rings. The first-order chi connectivity index (χ1) is 9.58. The molecule has 0 atom stereocenters. The molecule has 1 aliphatic heterocycles. The van der Waals surface area contributed by atoms with Crippen LogP contribution < -0.4 is 4.90 Å². The fourth-order valence-electron chi connectivity index (χ4n) is 2.14. The van der Waals surface area contributed by atoms with Gasteiger partial charge < -0.3 is 4.90 Å². The molecule has 0 saturated heterocycles. The summed E-state index contributed by atoms with van der Waals surface area (Å²) in [7, 11) is 1.70. The molecule has 0 N–H and O–H groups in total. The highest BCUT2D eigenvalue weighted by molar-refractivity contribution is 6.54. The van der Waals surface area contributed by atoms with Gasteiger partial charge in [-0.05, 0) is 24.3 Å². The van der Waals surface area contributed by atoms with Crippen molar-refractivity contribution in [1.82, 2.24) is 0 Å². The van der Waals surface area contributed by atoms with Gasteiger partial charge in [0.15, 0.2) is 0 Å². The van der Waals surface area contributed by atoms with Crippen molar-refractivity contribution in [3.05, 3.63) is 58.9 Å². The lowest BCUT2D eigenvalue weighted by atomic mass is 10.1. The molecule has 2 aromatic carbocycles. The smallest absolute Gasteiger partial charge is 0.277 e. The molecule has 0 saturated carbocycles. The van der Waals surface area contributed by atoms with E-state index >= 15 is 0 Å². The number of benzene rings is 2. The molecule has 0 unspecified atom stereocenters. The van der Waals surface area contributed by atoms with E-state index in [2.05, 4.69) is 4.99 Å². The molecule has 0 radical (unpaired) electrons. The van der Waals surface area contributed by atoms with Gasteiger partial charge in [-0.15, -0.1) is 0 Å². The minimum absolute atomic E-state index is 0.0149. The number of fused-ring (bicyclic) bond motifs is 1. The molecular weight excluding hydrogens is 279 g/mol. The molecule has 0 aliphatic carbocycles. The van der Waals surface area contributed by atoms with Crippen LogP contribution in [-0.4, -0.2) is 18.7 Å². The van der Waals surface area contributed by atoms with Gasteiger partial charge in [0, 0.05) is 12.6 Å². The summed E-state index contributed by atoms with van der Waals surface area (Å²) < 4.78 is 13.1. The van der Waals surface area contributed by atoms with Crippen LogP contribution in [-0.2, 0) is 4.79 Å². The predicted octanol–water partition coefficient (Wildman–Crippen LogP) is 3.58. The minimum Gasteiger partial charge on any atom is -0.309 e. The number of rotatable bonds is 1. The fraction of sp³-hybridized carbons (Fsp3) is 0.0667. The van der Waals surface area contributed by atoms with Gasteiger partial charge in [0.2, 0.25) is 0 Å². The van der Waals surface area contributed by atoms with Crippen LogP contribution in [0.25, 0.3) is 0 Å². The summed E-state index contributed by atoms with van der Waals surface area (Å²) in [4.78, 5) is 18.1. The highest BCUT2D eigenvalue weighted by Crippen LogP contribution is 2.30. The molecule has 3 rings (SSSR count). The van der Waals surface area contributed by atoms with Crippen molar-refractivity contribution < 1.29 is 9.18 Å². The topological polar surface area (TPSA) is 32.7 Å². The number of likely N-dealkylation sites (N-methyl/N-ethyl adjacent to an activating group) is 1. The third kappa shape index (κ3) is 1.98. The van der Waals surface area contributed by atoms with Crippen LogP contribution in [0.15, 0.2) is 47.5 Å². The van der Waals surface area contributed by atoms with Crippen LogP contribution in [0.3, 0.4) is 0 Å². The van der Waals surface area contributed by atoms with Crippen LogP contribution in [0.1, 0.15) is 5.56 Å². The van der Waals surface area contributed by atoms with E-state index in [0.717, 1.165) is 11.3 Å². The second-order valence-corrected chi connectivity index (χ2v) is 4.85. The average Bonchev–Trinajstić information content (AvgIpc) is 2.69. The van der Waals surface area contributed by atoms with E-state index in [1.807, 2.05) is 24.3 Å². The molecule has 1 amide bonds. The molecule has 0 bridgehead atoms. The van der Waals surface area contributed by atoms with Crippen molar-refractivity contribution in [3.8, 4) is 0 Å². The number of hydrogen-bond acceptors (Lipinski definition) is 2. The van der Waals surface area contributed by atoms with E-state index in [9.17, 15) is 9.18 Å². The van der Waals surface area contributed by atoms with Crippen molar-refractivity contribution in [2.45, 2.75) is 0 Å². The zero-order valence-corrected chi connectivity index (χ0v) is 11.4. The first-order valence-corrected chi connectivity index (χ1v) is 6.37. The third-order valence-corrected chi connectivity index (χ3v) is 3.46. The van der Waals surface area contributed by atoms with Crippen LogP contribution in [0, 0.1) is 5.82 Å². The van der Waals surface area contributed by atoms with Crippen molar-refractivity contribution in [2.75, 3.05) is 11.9 Å². The van der Waals surface area contributed by atoms with E-state index in [-0.39, 0.29) is 10.9 Å². The second kappa shape index (κ2) is 4.72. The number of aliphatic imine (C=N–C) groups is 1. The van der Waals surface area contributed by atoms with Gasteiger partial charge >= 0.3 is 0 Å². The van der Waals surface area contributed by atoms with E-state index in [1.54, 1.807) is 11.9 Å². The molecule has 100 valence electrons. The van der Waals surface area contributed by atoms with Crippen molar-refractivity contribution in [1.29, 1.82) is 0 Å². The molecule has 0 spiro atoms. The molecular formula is C15H10ClFN2O. The Labute approximate surface area is 120 Å². The number of nitrogens with zero attached hydrogens (tertiary/aromatic N) is 2. The summed E-state index contributed by atoms with van der Waals surface area (Å²) in [5.74, 6) is -0.697. The lowest BCUT2D eigenvalue weighted by Gasteiger charge is -2.07. The van der Waals surface area contributed by atoms with Gasteiger partial charge in [-0.3, -0.25) is 4.79 Å². The van der Waals surface area contributed by atoms with Gasteiger partial charge in [0.1, 0.15) is 11.5 Å². The largest absolute Gasteiger partial charge is 0.309 e. The van der Waals surface area contributed by atoms with Crippen molar-refractivity contribution in [2.24, 2.45) is 4.99 Å². The summed E-state index contributed by atoms with van der Waals surface area (Å²) in [6, 6.07) is 11.5. The van der Waals surface area contributed by atoms with Gasteiger partial charge in [-0.25, -0.2) is 9.38 Å². The second-order valence-electron chi connectivity index (χ2n) is 4.44. The number of carbonyl (C=O) groups excluding carboxylic acids is 1. The number of para-hydroxylation sites is 1. The van der Waals surface area contributed by atoms with Gasteiger partial charge in [-0.2, -0.15) is 0 Å².